The van der Waals surface area contributed by atoms with Crippen molar-refractivity contribution in [3.05, 3.63) is 30.2 Å². The molecule has 0 unspecified atom stereocenters. The number of carbonyl (C=O) groups is 1. The number of aromatic nitrogens is 3. The van der Waals surface area contributed by atoms with Crippen molar-refractivity contribution in [2.75, 3.05) is 19.7 Å². The number of carbonyl (C=O) groups excluding carboxylic acids is 1. The molecule has 0 aromatic carbocycles. The van der Waals surface area contributed by atoms with Gasteiger partial charge in [0, 0.05) is 30.7 Å². The first-order valence-electron chi connectivity index (χ1n) is 9.01. The molecule has 26 heavy (non-hydrogen) atoms. The summed E-state index contributed by atoms with van der Waals surface area (Å²) in [6.45, 7) is 9.56. The van der Waals surface area contributed by atoms with Crippen LogP contribution in [0.5, 0.6) is 0 Å². The number of fused-ring (bicyclic) bond motifs is 1. The van der Waals surface area contributed by atoms with Gasteiger partial charge in [0.25, 0.3) is 0 Å². The maximum Gasteiger partial charge on any atom is 0.246 e. The third kappa shape index (κ3) is 4.16. The van der Waals surface area contributed by atoms with Gasteiger partial charge in [-0.25, -0.2) is 9.97 Å². The zero-order valence-corrected chi connectivity index (χ0v) is 15.9. The van der Waals surface area contributed by atoms with Crippen LogP contribution in [-0.4, -0.2) is 46.2 Å². The molecule has 0 spiro atoms. The van der Waals surface area contributed by atoms with Crippen LogP contribution < -0.4 is 10.6 Å². The summed E-state index contributed by atoms with van der Waals surface area (Å²) >= 11 is 0. The Balaban J connectivity index is 1.95. The van der Waals surface area contributed by atoms with Crippen molar-refractivity contribution in [2.45, 2.75) is 45.3 Å². The van der Waals surface area contributed by atoms with Crippen LogP contribution in [0.1, 0.15) is 39.7 Å². The van der Waals surface area contributed by atoms with Crippen molar-refractivity contribution < 1.29 is 9.53 Å². The molecule has 1 fully saturated rings. The Morgan fingerprint density at radius 1 is 1.31 bits per heavy atom. The third-order valence-electron chi connectivity index (χ3n) is 4.52. The first-order valence-corrected chi connectivity index (χ1v) is 9.01. The molecule has 1 amide bonds. The summed E-state index contributed by atoms with van der Waals surface area (Å²) in [4.78, 5) is 25.8. The summed E-state index contributed by atoms with van der Waals surface area (Å²) in [5, 5.41) is 6.66. The van der Waals surface area contributed by atoms with Crippen LogP contribution in [0.4, 0.5) is 0 Å². The van der Waals surface area contributed by atoms with Crippen molar-refractivity contribution in [1.82, 2.24) is 25.6 Å². The van der Waals surface area contributed by atoms with E-state index < -0.39 is 5.54 Å². The normalized spacial score (nSPS) is 23.8. The van der Waals surface area contributed by atoms with E-state index in [9.17, 15) is 4.79 Å². The van der Waals surface area contributed by atoms with Crippen LogP contribution in [0.25, 0.3) is 11.2 Å². The molecule has 0 aliphatic carbocycles. The van der Waals surface area contributed by atoms with Crippen LogP contribution in [0.15, 0.2) is 24.7 Å². The molecule has 2 atom stereocenters. The smallest absolute Gasteiger partial charge is 0.246 e. The standard InChI is InChI=1S/C19H27N5O2/c1-13-9-19(12-20-10-13,24-15(25)11-26-18(2,3)4)14-5-6-22-17-16(14)21-7-8-23-17/h5-8,13,20H,9-12H2,1-4H3,(H,24,25)/t13-,19-/m0/s1. The minimum Gasteiger partial charge on any atom is -0.366 e. The van der Waals surface area contributed by atoms with Crippen LogP contribution in [-0.2, 0) is 15.1 Å². The van der Waals surface area contributed by atoms with Crippen LogP contribution in [0, 0.1) is 5.92 Å². The van der Waals surface area contributed by atoms with Gasteiger partial charge in [-0.15, -0.1) is 0 Å². The average molecular weight is 357 g/mol. The zero-order valence-electron chi connectivity index (χ0n) is 15.9. The molecule has 2 aromatic heterocycles. The lowest BCUT2D eigenvalue weighted by molar-refractivity contribution is -0.133. The molecular formula is C19H27N5O2. The van der Waals surface area contributed by atoms with Gasteiger partial charge in [0.1, 0.15) is 12.1 Å². The van der Waals surface area contributed by atoms with E-state index in [4.69, 9.17) is 4.74 Å². The third-order valence-corrected chi connectivity index (χ3v) is 4.52. The summed E-state index contributed by atoms with van der Waals surface area (Å²) in [6, 6.07) is 1.93. The number of nitrogens with one attached hydrogen (secondary N) is 2. The summed E-state index contributed by atoms with van der Waals surface area (Å²) in [5.74, 6) is 0.275. The Morgan fingerprint density at radius 3 is 2.77 bits per heavy atom. The van der Waals surface area contributed by atoms with Crippen molar-refractivity contribution in [3.8, 4) is 0 Å². The molecular weight excluding hydrogens is 330 g/mol. The molecule has 7 heteroatoms. The highest BCUT2D eigenvalue weighted by Crippen LogP contribution is 2.34. The fourth-order valence-corrected chi connectivity index (χ4v) is 3.49. The molecule has 1 aliphatic heterocycles. The maximum absolute atomic E-state index is 12.7. The zero-order chi connectivity index (χ0) is 18.8. The summed E-state index contributed by atoms with van der Waals surface area (Å²) < 4.78 is 5.66. The summed E-state index contributed by atoms with van der Waals surface area (Å²) in [6.07, 6.45) is 5.83. The largest absolute Gasteiger partial charge is 0.366 e. The second-order valence-corrected chi connectivity index (χ2v) is 8.06. The molecule has 140 valence electrons. The lowest BCUT2D eigenvalue weighted by Crippen LogP contribution is -2.58. The predicted octanol–water partition coefficient (Wildman–Crippen LogP) is 1.78. The molecule has 2 N–H and O–H groups in total. The molecule has 3 rings (SSSR count). The van der Waals surface area contributed by atoms with Crippen LogP contribution in [0.2, 0.25) is 0 Å². The maximum atomic E-state index is 12.7. The van der Waals surface area contributed by atoms with Crippen LogP contribution in [0.3, 0.4) is 0 Å². The molecule has 3 heterocycles. The Morgan fingerprint density at radius 2 is 2.04 bits per heavy atom. The monoisotopic (exact) mass is 357 g/mol. The van der Waals surface area contributed by atoms with Crippen molar-refractivity contribution in [2.24, 2.45) is 5.92 Å². The number of rotatable bonds is 4. The van der Waals surface area contributed by atoms with Gasteiger partial charge >= 0.3 is 0 Å². The summed E-state index contributed by atoms with van der Waals surface area (Å²) in [7, 11) is 0. The first kappa shape index (κ1) is 18.7. The van der Waals surface area contributed by atoms with Gasteiger partial charge in [-0.1, -0.05) is 6.92 Å². The van der Waals surface area contributed by atoms with E-state index in [0.29, 0.717) is 18.1 Å². The number of amides is 1. The van der Waals surface area contributed by atoms with Crippen molar-refractivity contribution in [1.29, 1.82) is 0 Å². The quantitative estimate of drug-likeness (QED) is 0.867. The number of ether oxygens (including phenoxy) is 1. The minimum atomic E-state index is -0.562. The minimum absolute atomic E-state index is 0.0221. The van der Waals surface area contributed by atoms with Gasteiger partial charge in [-0.2, -0.15) is 0 Å². The lowest BCUT2D eigenvalue weighted by atomic mass is 9.78. The highest BCUT2D eigenvalue weighted by Gasteiger charge is 2.40. The van der Waals surface area contributed by atoms with Gasteiger partial charge in [-0.3, -0.25) is 9.78 Å². The summed E-state index contributed by atoms with van der Waals surface area (Å²) in [5.41, 5.74) is 1.33. The Labute approximate surface area is 154 Å². The first-order chi connectivity index (χ1) is 12.3. The van der Waals surface area contributed by atoms with Crippen molar-refractivity contribution >= 4 is 17.1 Å². The van der Waals surface area contributed by atoms with E-state index in [1.54, 1.807) is 18.6 Å². The second-order valence-electron chi connectivity index (χ2n) is 8.06. The second kappa shape index (κ2) is 7.25. The SMILES string of the molecule is C[C@@H]1CNC[C@](NC(=O)COC(C)(C)C)(c2ccnc3nccnc23)C1. The Kier molecular flexibility index (Phi) is 5.20. The van der Waals surface area contributed by atoms with Crippen LogP contribution >= 0.6 is 0 Å². The van der Waals surface area contributed by atoms with E-state index in [-0.39, 0.29) is 18.1 Å². The van der Waals surface area contributed by atoms with Gasteiger partial charge in [0.15, 0.2) is 5.65 Å². The fourth-order valence-electron chi connectivity index (χ4n) is 3.49. The molecule has 2 aromatic rings. The number of piperidine rings is 1. The van der Waals surface area contributed by atoms with Gasteiger partial charge in [0.05, 0.1) is 11.1 Å². The van der Waals surface area contributed by atoms with E-state index in [1.165, 1.54) is 0 Å². The molecule has 0 bridgehead atoms. The number of hydrogen-bond donors (Lipinski definition) is 2. The number of nitrogens with zero attached hydrogens (tertiary/aromatic N) is 3. The molecule has 0 saturated carbocycles. The number of pyridine rings is 1. The predicted molar refractivity (Wildman–Crippen MR) is 99.5 cm³/mol. The molecule has 0 radical (unpaired) electrons. The van der Waals surface area contributed by atoms with Gasteiger partial charge in [0.2, 0.25) is 5.91 Å². The highest BCUT2D eigenvalue weighted by molar-refractivity contribution is 5.81. The lowest BCUT2D eigenvalue weighted by Gasteiger charge is -2.42. The average Bonchev–Trinajstić information content (AvgIpc) is 2.59. The topological polar surface area (TPSA) is 89.0 Å². The fraction of sp³-hybridized carbons (Fsp3) is 0.579. The van der Waals surface area contributed by atoms with E-state index >= 15 is 0 Å². The highest BCUT2D eigenvalue weighted by atomic mass is 16.5. The Bertz CT molecular complexity index is 784. The van der Waals surface area contributed by atoms with Gasteiger partial charge < -0.3 is 15.4 Å². The van der Waals surface area contributed by atoms with Gasteiger partial charge in [-0.05, 0) is 45.7 Å². The van der Waals surface area contributed by atoms with E-state index in [2.05, 4.69) is 32.5 Å². The van der Waals surface area contributed by atoms with Crippen molar-refractivity contribution in [3.63, 3.8) is 0 Å². The van der Waals surface area contributed by atoms with E-state index in [0.717, 1.165) is 24.0 Å². The molecule has 1 saturated heterocycles. The molecule has 1 aliphatic rings. The Hall–Kier alpha value is -2.12. The number of hydrogen-bond acceptors (Lipinski definition) is 6. The molecule has 7 nitrogen and oxygen atoms in total. The van der Waals surface area contributed by atoms with E-state index in [1.807, 2.05) is 26.8 Å².